The Morgan fingerprint density at radius 2 is 2.25 bits per heavy atom. The van der Waals surface area contributed by atoms with Crippen LogP contribution in [0.25, 0.3) is 11.0 Å². The first-order valence-corrected chi connectivity index (χ1v) is 6.10. The van der Waals surface area contributed by atoms with Gasteiger partial charge in [-0.3, -0.25) is 0 Å². The van der Waals surface area contributed by atoms with E-state index in [9.17, 15) is 0 Å². The van der Waals surface area contributed by atoms with Crippen LogP contribution in [0.15, 0.2) is 28.9 Å². The summed E-state index contributed by atoms with van der Waals surface area (Å²) in [5.41, 5.74) is 1.99. The van der Waals surface area contributed by atoms with Crippen molar-refractivity contribution in [2.24, 2.45) is 0 Å². The third kappa shape index (κ3) is 2.10. The predicted molar refractivity (Wildman–Crippen MR) is 68.8 cm³/mol. The Balaban J connectivity index is 2.37. The number of hydrogen-bond acceptors (Lipinski definition) is 1. The molecule has 0 saturated heterocycles. The van der Waals surface area contributed by atoms with E-state index in [-0.39, 0.29) is 5.92 Å². The lowest BCUT2D eigenvalue weighted by Gasteiger charge is -2.08. The van der Waals surface area contributed by atoms with Crippen molar-refractivity contribution in [3.8, 4) is 0 Å². The molecule has 1 atom stereocenters. The summed E-state index contributed by atoms with van der Waals surface area (Å²) in [6, 6.07) is 5.74. The van der Waals surface area contributed by atoms with Gasteiger partial charge in [-0.25, -0.2) is 0 Å². The van der Waals surface area contributed by atoms with Crippen LogP contribution in [0.2, 0.25) is 5.02 Å². The van der Waals surface area contributed by atoms with E-state index in [2.05, 4.69) is 13.8 Å². The minimum atomic E-state index is 0.265. The van der Waals surface area contributed by atoms with Gasteiger partial charge in [0.2, 0.25) is 0 Å². The smallest absolute Gasteiger partial charge is 0.135 e. The van der Waals surface area contributed by atoms with E-state index in [1.807, 2.05) is 18.2 Å². The minimum Gasteiger partial charge on any atom is -0.464 e. The van der Waals surface area contributed by atoms with Crippen molar-refractivity contribution in [2.45, 2.75) is 32.1 Å². The summed E-state index contributed by atoms with van der Waals surface area (Å²) in [5, 5.41) is 1.78. The zero-order valence-electron chi connectivity index (χ0n) is 9.50. The van der Waals surface area contributed by atoms with Crippen molar-refractivity contribution < 1.29 is 4.42 Å². The number of hydrogen-bond donors (Lipinski definition) is 0. The Labute approximate surface area is 101 Å². The summed E-state index contributed by atoms with van der Waals surface area (Å²) >= 11 is 6.19. The van der Waals surface area contributed by atoms with Crippen LogP contribution < -0.4 is 0 Å². The quantitative estimate of drug-likeness (QED) is 0.711. The molecule has 0 saturated carbocycles. The molecule has 85 valence electrons. The predicted octanol–water partition coefficient (Wildman–Crippen LogP) is 5.19. The van der Waals surface area contributed by atoms with Crippen LogP contribution in [0.4, 0.5) is 0 Å². The first-order valence-electron chi connectivity index (χ1n) is 5.72. The van der Waals surface area contributed by atoms with E-state index in [0.717, 1.165) is 28.0 Å². The summed E-state index contributed by atoms with van der Waals surface area (Å²) in [6.45, 7) is 6.38. The molecule has 1 unspecified atom stereocenters. The molecule has 1 nitrogen and oxygen atoms in total. The Bertz CT molecular complexity index is 473. The van der Waals surface area contributed by atoms with E-state index >= 15 is 0 Å². The number of furan rings is 1. The molecule has 0 amide bonds. The molecule has 1 aromatic carbocycles. The number of fused-ring (bicyclic) bond motifs is 1. The Kier molecular flexibility index (Phi) is 3.55. The molecule has 0 aliphatic carbocycles. The van der Waals surface area contributed by atoms with Crippen LogP contribution >= 0.6 is 11.6 Å². The zero-order chi connectivity index (χ0) is 11.5. The van der Waals surface area contributed by atoms with Gasteiger partial charge in [0.05, 0.1) is 11.3 Å². The highest BCUT2D eigenvalue weighted by atomic mass is 35.5. The Morgan fingerprint density at radius 1 is 1.44 bits per heavy atom. The maximum atomic E-state index is 6.19. The standard InChI is InChI=1S/C14H16ClO/c1-3-4-6-10(2)11-9-16-13-8-5-7-12(15)14(11)13/h5,7-10H,2-4,6H2,1H3. The van der Waals surface area contributed by atoms with Gasteiger partial charge in [0.1, 0.15) is 5.58 Å². The molecule has 0 aliphatic heterocycles. The van der Waals surface area contributed by atoms with E-state index in [0.29, 0.717) is 0 Å². The summed E-state index contributed by atoms with van der Waals surface area (Å²) in [4.78, 5) is 0. The monoisotopic (exact) mass is 235 g/mol. The van der Waals surface area contributed by atoms with Gasteiger partial charge in [-0.05, 0) is 31.4 Å². The topological polar surface area (TPSA) is 13.1 Å². The maximum absolute atomic E-state index is 6.19. The highest BCUT2D eigenvalue weighted by Crippen LogP contribution is 2.34. The average Bonchev–Trinajstić information content (AvgIpc) is 2.71. The molecule has 1 aromatic heterocycles. The lowest BCUT2D eigenvalue weighted by atomic mass is 9.95. The van der Waals surface area contributed by atoms with Crippen LogP contribution in [0, 0.1) is 6.92 Å². The first kappa shape index (κ1) is 11.5. The van der Waals surface area contributed by atoms with Gasteiger partial charge in [0, 0.05) is 10.9 Å². The van der Waals surface area contributed by atoms with Crippen molar-refractivity contribution in [2.75, 3.05) is 0 Å². The average molecular weight is 236 g/mol. The highest BCUT2D eigenvalue weighted by Gasteiger charge is 2.14. The van der Waals surface area contributed by atoms with Crippen molar-refractivity contribution in [3.05, 3.63) is 42.0 Å². The number of benzene rings is 1. The van der Waals surface area contributed by atoms with Crippen molar-refractivity contribution in [1.82, 2.24) is 0 Å². The fourth-order valence-corrected chi connectivity index (χ4v) is 2.25. The van der Waals surface area contributed by atoms with E-state index in [1.54, 1.807) is 6.26 Å². The fourth-order valence-electron chi connectivity index (χ4n) is 1.97. The molecular formula is C14H16ClO. The summed E-state index contributed by atoms with van der Waals surface area (Å²) in [7, 11) is 0. The fraction of sp³-hybridized carbons (Fsp3) is 0.357. The summed E-state index contributed by atoms with van der Waals surface area (Å²) in [6.07, 6.45) is 5.25. The van der Waals surface area contributed by atoms with Gasteiger partial charge in [0.15, 0.2) is 0 Å². The van der Waals surface area contributed by atoms with Crippen LogP contribution in [-0.2, 0) is 0 Å². The maximum Gasteiger partial charge on any atom is 0.135 e. The third-order valence-corrected chi connectivity index (χ3v) is 3.24. The molecule has 1 radical (unpaired) electrons. The minimum absolute atomic E-state index is 0.265. The summed E-state index contributed by atoms with van der Waals surface area (Å²) in [5.74, 6) is 0.265. The second-order valence-corrected chi connectivity index (χ2v) is 4.55. The van der Waals surface area contributed by atoms with Crippen LogP contribution in [0.1, 0.15) is 37.7 Å². The van der Waals surface area contributed by atoms with Gasteiger partial charge in [0.25, 0.3) is 0 Å². The Morgan fingerprint density at radius 3 is 3.00 bits per heavy atom. The Hall–Kier alpha value is -0.950. The lowest BCUT2D eigenvalue weighted by molar-refractivity contribution is 0.597. The molecule has 2 rings (SSSR count). The molecule has 2 aromatic rings. The van der Waals surface area contributed by atoms with E-state index < -0.39 is 0 Å². The van der Waals surface area contributed by atoms with Crippen molar-refractivity contribution in [3.63, 3.8) is 0 Å². The van der Waals surface area contributed by atoms with E-state index in [4.69, 9.17) is 16.0 Å². The van der Waals surface area contributed by atoms with Gasteiger partial charge < -0.3 is 4.42 Å². The normalized spacial score (nSPS) is 13.2. The molecule has 0 spiro atoms. The van der Waals surface area contributed by atoms with Crippen LogP contribution in [0.3, 0.4) is 0 Å². The number of unbranched alkanes of at least 4 members (excludes halogenated alkanes) is 1. The SMILES string of the molecule is [CH2]C(CCCC)c1coc2cccc(Cl)c12. The van der Waals surface area contributed by atoms with Gasteiger partial charge in [-0.2, -0.15) is 0 Å². The second-order valence-electron chi connectivity index (χ2n) is 4.14. The van der Waals surface area contributed by atoms with Crippen LogP contribution in [-0.4, -0.2) is 0 Å². The molecule has 0 bridgehead atoms. The van der Waals surface area contributed by atoms with Gasteiger partial charge in [-0.15, -0.1) is 0 Å². The third-order valence-electron chi connectivity index (χ3n) is 2.92. The van der Waals surface area contributed by atoms with Crippen molar-refractivity contribution in [1.29, 1.82) is 0 Å². The van der Waals surface area contributed by atoms with Crippen LogP contribution in [0.5, 0.6) is 0 Å². The largest absolute Gasteiger partial charge is 0.464 e. The molecule has 2 heteroatoms. The lowest BCUT2D eigenvalue weighted by Crippen LogP contribution is -1.92. The first-order chi connectivity index (χ1) is 7.74. The van der Waals surface area contributed by atoms with Gasteiger partial charge in [-0.1, -0.05) is 37.4 Å². The van der Waals surface area contributed by atoms with Crippen molar-refractivity contribution >= 4 is 22.6 Å². The van der Waals surface area contributed by atoms with Gasteiger partial charge >= 0.3 is 0 Å². The molecule has 1 heterocycles. The molecular weight excluding hydrogens is 220 g/mol. The van der Waals surface area contributed by atoms with E-state index in [1.165, 1.54) is 12.8 Å². The second kappa shape index (κ2) is 4.92. The molecule has 0 aliphatic rings. The molecule has 16 heavy (non-hydrogen) atoms. The molecule has 0 fully saturated rings. The summed E-state index contributed by atoms with van der Waals surface area (Å²) < 4.78 is 5.51. The number of halogens is 1. The highest BCUT2D eigenvalue weighted by molar-refractivity contribution is 6.35. The zero-order valence-corrected chi connectivity index (χ0v) is 10.3. The number of rotatable bonds is 4. The molecule has 0 N–H and O–H groups in total.